The highest BCUT2D eigenvalue weighted by molar-refractivity contribution is 7.89. The summed E-state index contributed by atoms with van der Waals surface area (Å²) in [5.41, 5.74) is 1.97. The highest BCUT2D eigenvalue weighted by atomic mass is 32.2. The Morgan fingerprint density at radius 3 is 2.24 bits per heavy atom. The van der Waals surface area contributed by atoms with Crippen LogP contribution in [0.2, 0.25) is 0 Å². The maximum absolute atomic E-state index is 12.4. The van der Waals surface area contributed by atoms with E-state index in [0.29, 0.717) is 5.75 Å². The summed E-state index contributed by atoms with van der Waals surface area (Å²) in [5, 5.41) is 0. The third kappa shape index (κ3) is 7.87. The van der Waals surface area contributed by atoms with Crippen LogP contribution < -0.4 is 9.46 Å². The fourth-order valence-electron chi connectivity index (χ4n) is 2.79. The molecule has 0 saturated heterocycles. The number of hydrogen-bond acceptors (Lipinski definition) is 5. The van der Waals surface area contributed by atoms with Crippen LogP contribution in [0, 0.1) is 0 Å². The first kappa shape index (κ1) is 22.9. The summed E-state index contributed by atoms with van der Waals surface area (Å²) in [7, 11) is -2.21. The van der Waals surface area contributed by atoms with Crippen LogP contribution in [0.5, 0.6) is 5.75 Å². The lowest BCUT2D eigenvalue weighted by Gasteiger charge is -2.10. The van der Waals surface area contributed by atoms with E-state index < -0.39 is 10.0 Å². The van der Waals surface area contributed by atoms with Gasteiger partial charge in [0.15, 0.2) is 0 Å². The van der Waals surface area contributed by atoms with Gasteiger partial charge in [0.1, 0.15) is 12.4 Å². The molecule has 0 aromatic heterocycles. The van der Waals surface area contributed by atoms with Crippen molar-refractivity contribution >= 4 is 16.0 Å². The van der Waals surface area contributed by atoms with E-state index in [4.69, 9.17) is 4.74 Å². The summed E-state index contributed by atoms with van der Waals surface area (Å²) < 4.78 is 37.5. The first-order chi connectivity index (χ1) is 13.9. The minimum absolute atomic E-state index is 0.157. The zero-order valence-electron chi connectivity index (χ0n) is 17.0. The smallest absolute Gasteiger partial charge is 0.309 e. The second kappa shape index (κ2) is 11.6. The quantitative estimate of drug-likeness (QED) is 0.421. The summed E-state index contributed by atoms with van der Waals surface area (Å²) in [6.07, 6.45) is 4.62. The number of benzene rings is 2. The Bertz CT molecular complexity index is 861. The molecule has 0 aliphatic carbocycles. The summed E-state index contributed by atoms with van der Waals surface area (Å²) >= 11 is 0. The largest absolute Gasteiger partial charge is 0.492 e. The molecule has 0 aliphatic heterocycles. The predicted octanol–water partition coefficient (Wildman–Crippen LogP) is 3.49. The highest BCUT2D eigenvalue weighted by Gasteiger charge is 2.13. The number of rotatable bonds is 12. The molecular formula is C22H29NO5S. The van der Waals surface area contributed by atoms with Crippen molar-refractivity contribution < 1.29 is 22.7 Å². The lowest BCUT2D eigenvalue weighted by molar-refractivity contribution is -0.139. The number of aryl methyl sites for hydroxylation is 1. The first-order valence-corrected chi connectivity index (χ1v) is 11.3. The van der Waals surface area contributed by atoms with Crippen LogP contribution in [0.3, 0.4) is 0 Å². The van der Waals surface area contributed by atoms with Crippen molar-refractivity contribution in [2.24, 2.45) is 0 Å². The molecule has 158 valence electrons. The van der Waals surface area contributed by atoms with Gasteiger partial charge in [-0.1, -0.05) is 44.0 Å². The molecule has 0 radical (unpaired) electrons. The van der Waals surface area contributed by atoms with Gasteiger partial charge >= 0.3 is 5.97 Å². The number of nitrogens with one attached hydrogen (secondary N) is 1. The zero-order valence-corrected chi connectivity index (χ0v) is 17.8. The molecule has 0 saturated carbocycles. The van der Waals surface area contributed by atoms with E-state index >= 15 is 0 Å². The summed E-state index contributed by atoms with van der Waals surface area (Å²) in [4.78, 5) is 11.5. The monoisotopic (exact) mass is 419 g/mol. The van der Waals surface area contributed by atoms with Crippen molar-refractivity contribution in [1.82, 2.24) is 4.72 Å². The van der Waals surface area contributed by atoms with E-state index in [1.807, 2.05) is 12.1 Å². The normalized spacial score (nSPS) is 11.2. The minimum Gasteiger partial charge on any atom is -0.492 e. The summed E-state index contributed by atoms with van der Waals surface area (Å²) in [5.74, 6) is 0.302. The first-order valence-electron chi connectivity index (χ1n) is 9.81. The van der Waals surface area contributed by atoms with Gasteiger partial charge < -0.3 is 9.47 Å². The van der Waals surface area contributed by atoms with Crippen LogP contribution in [-0.4, -0.2) is 34.6 Å². The molecule has 2 aromatic rings. The van der Waals surface area contributed by atoms with Gasteiger partial charge in [-0.15, -0.1) is 0 Å². The molecular weight excluding hydrogens is 390 g/mol. The molecule has 6 nitrogen and oxygen atoms in total. The number of unbranched alkanes of at least 4 members (excludes halogenated alkanes) is 2. The molecule has 7 heteroatoms. The van der Waals surface area contributed by atoms with E-state index in [1.54, 1.807) is 36.4 Å². The van der Waals surface area contributed by atoms with Gasteiger partial charge in [-0.2, -0.15) is 0 Å². The average molecular weight is 420 g/mol. The number of ether oxygens (including phenoxy) is 2. The number of methoxy groups -OCH3 is 1. The Balaban J connectivity index is 1.78. The lowest BCUT2D eigenvalue weighted by Crippen LogP contribution is -2.28. The molecule has 2 rings (SSSR count). The number of esters is 1. The zero-order chi connectivity index (χ0) is 21.1. The van der Waals surface area contributed by atoms with Gasteiger partial charge in [-0.25, -0.2) is 13.1 Å². The average Bonchev–Trinajstić information content (AvgIpc) is 2.73. The van der Waals surface area contributed by atoms with Gasteiger partial charge in [0, 0.05) is 6.54 Å². The summed E-state index contributed by atoms with van der Waals surface area (Å²) in [6, 6.07) is 14.1. The molecule has 0 bridgehead atoms. The van der Waals surface area contributed by atoms with E-state index in [1.165, 1.54) is 13.5 Å². The highest BCUT2D eigenvalue weighted by Crippen LogP contribution is 2.14. The van der Waals surface area contributed by atoms with Crippen LogP contribution >= 0.6 is 0 Å². The van der Waals surface area contributed by atoms with E-state index in [-0.39, 0.29) is 30.4 Å². The minimum atomic E-state index is -3.56. The van der Waals surface area contributed by atoms with Crippen molar-refractivity contribution in [3.05, 3.63) is 59.7 Å². The molecule has 0 amide bonds. The third-order valence-corrected chi connectivity index (χ3v) is 5.94. The molecule has 29 heavy (non-hydrogen) atoms. The van der Waals surface area contributed by atoms with Gasteiger partial charge in [0.05, 0.1) is 18.4 Å². The molecule has 0 heterocycles. The van der Waals surface area contributed by atoms with Crippen molar-refractivity contribution in [2.75, 3.05) is 20.3 Å². The van der Waals surface area contributed by atoms with Crippen molar-refractivity contribution in [2.45, 2.75) is 43.9 Å². The SMILES string of the molecule is CCCCCc1ccc(S(=O)(=O)NCCOc2ccc(CC(=O)OC)cc2)cc1. The second-order valence-electron chi connectivity index (χ2n) is 6.74. The Labute approximate surface area is 173 Å². The fourth-order valence-corrected chi connectivity index (χ4v) is 3.80. The lowest BCUT2D eigenvalue weighted by atomic mass is 10.1. The van der Waals surface area contributed by atoms with Crippen LogP contribution in [-0.2, 0) is 32.4 Å². The molecule has 1 N–H and O–H groups in total. The van der Waals surface area contributed by atoms with Crippen LogP contribution in [0.4, 0.5) is 0 Å². The second-order valence-corrected chi connectivity index (χ2v) is 8.51. The van der Waals surface area contributed by atoms with Gasteiger partial charge in [0.25, 0.3) is 0 Å². The molecule has 0 atom stereocenters. The Morgan fingerprint density at radius 2 is 1.62 bits per heavy atom. The van der Waals surface area contributed by atoms with Gasteiger partial charge in [-0.3, -0.25) is 4.79 Å². The van der Waals surface area contributed by atoms with E-state index in [9.17, 15) is 13.2 Å². The number of carbonyl (C=O) groups is 1. The topological polar surface area (TPSA) is 81.7 Å². The molecule has 2 aromatic carbocycles. The Hall–Kier alpha value is -2.38. The fraction of sp³-hybridized carbons (Fsp3) is 0.409. The van der Waals surface area contributed by atoms with Gasteiger partial charge in [-0.05, 0) is 48.2 Å². The Morgan fingerprint density at radius 1 is 0.966 bits per heavy atom. The molecule has 0 aliphatic rings. The maximum Gasteiger partial charge on any atom is 0.309 e. The van der Waals surface area contributed by atoms with Crippen LogP contribution in [0.25, 0.3) is 0 Å². The van der Waals surface area contributed by atoms with Crippen LogP contribution in [0.15, 0.2) is 53.4 Å². The number of hydrogen-bond donors (Lipinski definition) is 1. The summed E-state index contributed by atoms with van der Waals surface area (Å²) in [6.45, 7) is 2.51. The molecule has 0 spiro atoms. The standard InChI is InChI=1S/C22H29NO5S/c1-3-4-5-6-18-9-13-21(14-10-18)29(25,26)23-15-16-28-20-11-7-19(8-12-20)17-22(24)27-2/h7-14,23H,3-6,15-17H2,1-2H3. The third-order valence-electron chi connectivity index (χ3n) is 4.47. The van der Waals surface area contributed by atoms with E-state index in [2.05, 4.69) is 16.4 Å². The predicted molar refractivity (Wildman–Crippen MR) is 113 cm³/mol. The molecule has 0 unspecified atom stereocenters. The van der Waals surface area contributed by atoms with E-state index in [0.717, 1.165) is 30.4 Å². The Kier molecular flexibility index (Phi) is 9.15. The van der Waals surface area contributed by atoms with Crippen molar-refractivity contribution in [3.63, 3.8) is 0 Å². The number of sulfonamides is 1. The maximum atomic E-state index is 12.4. The van der Waals surface area contributed by atoms with Crippen molar-refractivity contribution in [3.8, 4) is 5.75 Å². The van der Waals surface area contributed by atoms with Crippen LogP contribution in [0.1, 0.15) is 37.3 Å². The van der Waals surface area contributed by atoms with Crippen molar-refractivity contribution in [1.29, 1.82) is 0 Å². The number of carbonyl (C=O) groups excluding carboxylic acids is 1. The van der Waals surface area contributed by atoms with Gasteiger partial charge in [0.2, 0.25) is 10.0 Å². The molecule has 0 fully saturated rings.